The van der Waals surface area contributed by atoms with E-state index in [-0.39, 0.29) is 27.9 Å². The number of rotatable bonds is 8. The number of nitrogens with zero attached hydrogens (tertiary/aromatic N) is 2. The van der Waals surface area contributed by atoms with E-state index in [1.54, 1.807) is 56.3 Å². The molecule has 0 spiro atoms. The molecule has 4 rings (SSSR count). The number of carbonyl (C=O) groups is 3. The Morgan fingerprint density at radius 3 is 2.43 bits per heavy atom. The first kappa shape index (κ1) is 25.8. The molecule has 0 saturated carbocycles. The minimum absolute atomic E-state index is 0.0702. The number of thiazole rings is 1. The largest absolute Gasteiger partial charge is 0.507 e. The minimum Gasteiger partial charge on any atom is -0.507 e. The van der Waals surface area contributed by atoms with Crippen LogP contribution in [-0.2, 0) is 14.3 Å². The van der Waals surface area contributed by atoms with Gasteiger partial charge in [-0.2, -0.15) is 0 Å². The number of aryl methyl sites for hydroxylation is 2. The lowest BCUT2D eigenvalue weighted by Crippen LogP contribution is -2.29. The normalized spacial score (nSPS) is 16.6. The Labute approximate surface area is 218 Å². The Bertz CT molecular complexity index is 1390. The molecule has 1 aliphatic rings. The fourth-order valence-electron chi connectivity index (χ4n) is 3.98. The second-order valence-electron chi connectivity index (χ2n) is 8.34. The highest BCUT2D eigenvalue weighted by Crippen LogP contribution is 2.44. The van der Waals surface area contributed by atoms with Crippen molar-refractivity contribution in [3.63, 3.8) is 0 Å². The first-order valence-corrected chi connectivity index (χ1v) is 12.4. The third-order valence-corrected chi connectivity index (χ3v) is 6.92. The first-order valence-electron chi connectivity index (χ1n) is 11.6. The molecular formula is C28H26N2O6S. The van der Waals surface area contributed by atoms with Crippen LogP contribution in [0, 0.1) is 13.8 Å². The third kappa shape index (κ3) is 5.03. The van der Waals surface area contributed by atoms with E-state index in [9.17, 15) is 19.5 Å². The van der Waals surface area contributed by atoms with Crippen LogP contribution in [0.15, 0.2) is 66.8 Å². The predicted octanol–water partition coefficient (Wildman–Crippen LogP) is 5.13. The van der Waals surface area contributed by atoms with Crippen molar-refractivity contribution in [3.8, 4) is 5.75 Å². The molecule has 37 heavy (non-hydrogen) atoms. The fourth-order valence-corrected chi connectivity index (χ4v) is 4.97. The minimum atomic E-state index is -0.977. The van der Waals surface area contributed by atoms with Crippen molar-refractivity contribution in [2.75, 3.05) is 18.1 Å². The summed E-state index contributed by atoms with van der Waals surface area (Å²) in [5, 5.41) is 11.4. The molecule has 2 heterocycles. The molecule has 1 fully saturated rings. The van der Waals surface area contributed by atoms with Gasteiger partial charge in [0, 0.05) is 5.56 Å². The van der Waals surface area contributed by atoms with Crippen molar-refractivity contribution in [1.82, 2.24) is 4.98 Å². The lowest BCUT2D eigenvalue weighted by molar-refractivity contribution is -0.132. The average Bonchev–Trinajstić information content (AvgIpc) is 3.40. The highest BCUT2D eigenvalue weighted by atomic mass is 32.1. The topological polar surface area (TPSA) is 106 Å². The van der Waals surface area contributed by atoms with Crippen LogP contribution in [0.3, 0.4) is 0 Å². The predicted molar refractivity (Wildman–Crippen MR) is 141 cm³/mol. The average molecular weight is 519 g/mol. The number of aromatic nitrogens is 1. The third-order valence-electron chi connectivity index (χ3n) is 5.79. The van der Waals surface area contributed by atoms with E-state index >= 15 is 0 Å². The van der Waals surface area contributed by atoms with E-state index in [4.69, 9.17) is 9.47 Å². The van der Waals surface area contributed by atoms with Crippen molar-refractivity contribution in [2.24, 2.45) is 0 Å². The van der Waals surface area contributed by atoms with Gasteiger partial charge in [-0.3, -0.25) is 14.5 Å². The maximum absolute atomic E-state index is 13.4. The van der Waals surface area contributed by atoms with Gasteiger partial charge in [0.2, 0.25) is 0 Å². The van der Waals surface area contributed by atoms with Gasteiger partial charge in [-0.1, -0.05) is 66.0 Å². The standard InChI is InChI=1S/C28H26N2O6S/c1-5-15-36-20-13-11-18(12-14-20)22-21(23(31)19-9-7-16(3)8-10-19)24(32)26(33)30(22)28-29-17(4)25(37-28)27(34)35-6-2/h5,7-14,22,31H,1,6,15H2,2-4H3/t22-/m1/s1. The summed E-state index contributed by atoms with van der Waals surface area (Å²) in [4.78, 5) is 45.0. The molecule has 3 aromatic rings. The molecule has 0 radical (unpaired) electrons. The molecule has 1 amide bonds. The number of hydrogen-bond acceptors (Lipinski definition) is 8. The number of benzene rings is 2. The summed E-state index contributed by atoms with van der Waals surface area (Å²) in [5.41, 5.74) is 2.25. The van der Waals surface area contributed by atoms with E-state index in [1.165, 1.54) is 4.90 Å². The molecule has 1 aliphatic heterocycles. The smallest absolute Gasteiger partial charge is 0.350 e. The zero-order valence-electron chi connectivity index (χ0n) is 20.7. The number of esters is 1. The Balaban J connectivity index is 1.87. The van der Waals surface area contributed by atoms with Crippen LogP contribution in [0.1, 0.15) is 45.0 Å². The Hall–Kier alpha value is -4.24. The van der Waals surface area contributed by atoms with Crippen LogP contribution in [0.25, 0.3) is 5.76 Å². The summed E-state index contributed by atoms with van der Waals surface area (Å²) in [5.74, 6) is -1.97. The maximum Gasteiger partial charge on any atom is 0.350 e. The van der Waals surface area contributed by atoms with Gasteiger partial charge in [0.25, 0.3) is 5.78 Å². The number of aliphatic hydroxyl groups excluding tert-OH is 1. The molecule has 8 nitrogen and oxygen atoms in total. The van der Waals surface area contributed by atoms with Crippen molar-refractivity contribution in [2.45, 2.75) is 26.8 Å². The maximum atomic E-state index is 13.4. The lowest BCUT2D eigenvalue weighted by Gasteiger charge is -2.23. The van der Waals surface area contributed by atoms with Gasteiger partial charge in [0.15, 0.2) is 5.13 Å². The number of ether oxygens (including phenoxy) is 2. The van der Waals surface area contributed by atoms with Gasteiger partial charge >= 0.3 is 11.9 Å². The molecule has 1 aromatic heterocycles. The van der Waals surface area contributed by atoms with Gasteiger partial charge in [-0.15, -0.1) is 0 Å². The van der Waals surface area contributed by atoms with Crippen molar-refractivity contribution >= 4 is 39.9 Å². The number of carbonyl (C=O) groups excluding carboxylic acids is 3. The van der Waals surface area contributed by atoms with Crippen molar-refractivity contribution in [3.05, 3.63) is 94.0 Å². The summed E-state index contributed by atoms with van der Waals surface area (Å²) in [6.45, 7) is 9.38. The first-order chi connectivity index (χ1) is 17.8. The molecular weight excluding hydrogens is 492 g/mol. The quantitative estimate of drug-likeness (QED) is 0.145. The number of anilines is 1. The van der Waals surface area contributed by atoms with Gasteiger partial charge in [-0.25, -0.2) is 9.78 Å². The molecule has 2 aromatic carbocycles. The second kappa shape index (κ2) is 10.8. The Morgan fingerprint density at radius 2 is 1.81 bits per heavy atom. The van der Waals surface area contributed by atoms with Crippen molar-refractivity contribution in [1.29, 1.82) is 0 Å². The Morgan fingerprint density at radius 1 is 1.14 bits per heavy atom. The van der Waals surface area contributed by atoms with Crippen LogP contribution in [0.4, 0.5) is 5.13 Å². The summed E-state index contributed by atoms with van der Waals surface area (Å²) >= 11 is 0.962. The fraction of sp³-hybridized carbons (Fsp3) is 0.214. The van der Waals surface area contributed by atoms with Crippen LogP contribution in [0.5, 0.6) is 5.75 Å². The lowest BCUT2D eigenvalue weighted by atomic mass is 9.95. The number of Topliss-reactive ketones (excluding diaryl/α,β-unsaturated/α-hetero) is 1. The second-order valence-corrected chi connectivity index (χ2v) is 9.31. The van der Waals surface area contributed by atoms with Gasteiger partial charge < -0.3 is 14.6 Å². The number of ketones is 1. The van der Waals surface area contributed by atoms with E-state index in [0.717, 1.165) is 16.9 Å². The monoisotopic (exact) mass is 518 g/mol. The molecule has 190 valence electrons. The van der Waals surface area contributed by atoms with E-state index in [2.05, 4.69) is 11.6 Å². The molecule has 1 N–H and O–H groups in total. The zero-order valence-corrected chi connectivity index (χ0v) is 21.5. The van der Waals surface area contributed by atoms with E-state index in [1.807, 2.05) is 19.1 Å². The summed E-state index contributed by atoms with van der Waals surface area (Å²) in [7, 11) is 0. The summed E-state index contributed by atoms with van der Waals surface area (Å²) < 4.78 is 10.7. The van der Waals surface area contributed by atoms with E-state index in [0.29, 0.717) is 29.2 Å². The van der Waals surface area contributed by atoms with Crippen LogP contribution >= 0.6 is 11.3 Å². The zero-order chi connectivity index (χ0) is 26.7. The summed E-state index contributed by atoms with van der Waals surface area (Å²) in [6, 6.07) is 12.9. The number of amides is 1. The SMILES string of the molecule is C=CCOc1ccc([C@@H]2C(=C(O)c3ccc(C)cc3)C(=O)C(=O)N2c2nc(C)c(C(=O)OCC)s2)cc1. The molecule has 0 bridgehead atoms. The number of aliphatic hydroxyl groups is 1. The van der Waals surface area contributed by atoms with Gasteiger partial charge in [0.1, 0.15) is 23.0 Å². The Kier molecular flexibility index (Phi) is 7.54. The molecule has 0 aliphatic carbocycles. The summed E-state index contributed by atoms with van der Waals surface area (Å²) in [6.07, 6.45) is 1.62. The molecule has 0 unspecified atom stereocenters. The van der Waals surface area contributed by atoms with Crippen LogP contribution in [0.2, 0.25) is 0 Å². The van der Waals surface area contributed by atoms with Gasteiger partial charge in [0.05, 0.1) is 23.9 Å². The highest BCUT2D eigenvalue weighted by molar-refractivity contribution is 7.17. The molecule has 1 atom stereocenters. The van der Waals surface area contributed by atoms with Crippen LogP contribution < -0.4 is 9.64 Å². The van der Waals surface area contributed by atoms with Gasteiger partial charge in [-0.05, 0) is 38.5 Å². The number of hydrogen-bond donors (Lipinski definition) is 1. The van der Waals surface area contributed by atoms with Crippen molar-refractivity contribution < 1.29 is 29.0 Å². The van der Waals surface area contributed by atoms with E-state index < -0.39 is 23.7 Å². The molecule has 1 saturated heterocycles. The molecule has 9 heteroatoms. The van der Waals surface area contributed by atoms with Crippen LogP contribution in [-0.4, -0.2) is 41.0 Å². The highest BCUT2D eigenvalue weighted by Gasteiger charge is 2.48.